The normalized spacial score (nSPS) is 10.8. The fourth-order valence-corrected chi connectivity index (χ4v) is 2.21. The van der Waals surface area contributed by atoms with Crippen LogP contribution in [0.1, 0.15) is 30.3 Å². The number of alkyl halides is 3. The fourth-order valence-electron chi connectivity index (χ4n) is 1.36. The maximum absolute atomic E-state index is 12.7. The first kappa shape index (κ1) is 15.3. The molecule has 7 heteroatoms. The van der Waals surface area contributed by atoms with Gasteiger partial charge >= 0.3 is 5.97 Å². The van der Waals surface area contributed by atoms with Crippen molar-refractivity contribution in [1.82, 2.24) is 4.98 Å². The second-order valence-corrected chi connectivity index (χ2v) is 4.33. The number of aromatic nitrogens is 1. The molecule has 100 valence electrons. The molecule has 0 saturated heterocycles. The summed E-state index contributed by atoms with van der Waals surface area (Å²) < 4.78 is 30.2. The van der Waals surface area contributed by atoms with Crippen molar-refractivity contribution >= 4 is 33.5 Å². The Balaban J connectivity index is 3.06. The summed E-state index contributed by atoms with van der Waals surface area (Å²) in [5.41, 5.74) is 0.191. The van der Waals surface area contributed by atoms with Crippen molar-refractivity contribution in [3.05, 3.63) is 28.0 Å². The number of carbonyl (C=O) groups excluding carboxylic acids is 1. The van der Waals surface area contributed by atoms with E-state index in [1.165, 1.54) is 6.07 Å². The van der Waals surface area contributed by atoms with Crippen LogP contribution in [0.2, 0.25) is 5.02 Å². The Hall–Kier alpha value is -0.750. The lowest BCUT2D eigenvalue weighted by Crippen LogP contribution is -2.10. The zero-order chi connectivity index (χ0) is 13.7. The van der Waals surface area contributed by atoms with Crippen LogP contribution in [0.3, 0.4) is 0 Å². The Labute approximate surface area is 117 Å². The third kappa shape index (κ3) is 3.88. The average molecular weight is 343 g/mol. The van der Waals surface area contributed by atoms with Gasteiger partial charge in [0.1, 0.15) is 5.69 Å². The minimum absolute atomic E-state index is 0.0746. The Bertz CT molecular complexity index is 443. The molecule has 0 N–H and O–H groups in total. The molecule has 1 aromatic heterocycles. The Morgan fingerprint density at radius 1 is 1.61 bits per heavy atom. The van der Waals surface area contributed by atoms with E-state index in [1.807, 2.05) is 0 Å². The lowest BCUT2D eigenvalue weighted by Gasteiger charge is -2.10. The van der Waals surface area contributed by atoms with Crippen LogP contribution in [0.5, 0.6) is 0 Å². The summed E-state index contributed by atoms with van der Waals surface area (Å²) in [4.78, 5) is 15.0. The van der Waals surface area contributed by atoms with Crippen LogP contribution in [0.15, 0.2) is 6.07 Å². The van der Waals surface area contributed by atoms with Gasteiger partial charge in [0, 0.05) is 5.33 Å². The number of rotatable bonds is 5. The molecule has 0 fully saturated rings. The molecule has 0 atom stereocenters. The van der Waals surface area contributed by atoms with Crippen LogP contribution in [-0.4, -0.2) is 17.6 Å². The van der Waals surface area contributed by atoms with Crippen molar-refractivity contribution in [3.63, 3.8) is 0 Å². The molecular formula is C11H11BrClF2NO2. The summed E-state index contributed by atoms with van der Waals surface area (Å²) in [6.45, 7) is 1.90. The van der Waals surface area contributed by atoms with E-state index >= 15 is 0 Å². The Morgan fingerprint density at radius 3 is 2.78 bits per heavy atom. The van der Waals surface area contributed by atoms with Crippen LogP contribution in [0.25, 0.3) is 0 Å². The number of halogens is 4. The third-order valence-electron chi connectivity index (χ3n) is 2.09. The standard InChI is InChI=1S/C11H11BrClF2NO2/c1-2-18-8(17)4-7-3-6(5-12)9(13)10(16-7)11(14)15/h3,11H,2,4-5H2,1H3. The predicted molar refractivity (Wildman–Crippen MR) is 67.2 cm³/mol. The number of esters is 1. The van der Waals surface area contributed by atoms with Gasteiger partial charge in [-0.2, -0.15) is 0 Å². The van der Waals surface area contributed by atoms with Crippen LogP contribution < -0.4 is 0 Å². The van der Waals surface area contributed by atoms with Crippen molar-refractivity contribution in [3.8, 4) is 0 Å². The van der Waals surface area contributed by atoms with Gasteiger partial charge < -0.3 is 4.74 Å². The van der Waals surface area contributed by atoms with Crippen LogP contribution >= 0.6 is 27.5 Å². The van der Waals surface area contributed by atoms with E-state index in [0.717, 1.165) is 0 Å². The zero-order valence-electron chi connectivity index (χ0n) is 9.55. The monoisotopic (exact) mass is 341 g/mol. The van der Waals surface area contributed by atoms with Gasteiger partial charge in [-0.05, 0) is 18.6 Å². The molecule has 0 spiro atoms. The first-order valence-corrected chi connectivity index (χ1v) is 6.67. The van der Waals surface area contributed by atoms with Gasteiger partial charge in [-0.15, -0.1) is 0 Å². The predicted octanol–water partition coefficient (Wildman–Crippen LogP) is 3.67. The summed E-state index contributed by atoms with van der Waals surface area (Å²) in [5.74, 6) is -0.506. The van der Waals surface area contributed by atoms with E-state index in [2.05, 4.69) is 20.9 Å². The molecule has 0 radical (unpaired) electrons. The highest BCUT2D eigenvalue weighted by atomic mass is 79.9. The summed E-state index contributed by atoms with van der Waals surface area (Å²) in [6, 6.07) is 1.51. The second-order valence-electron chi connectivity index (χ2n) is 3.39. The van der Waals surface area contributed by atoms with Gasteiger partial charge in [-0.1, -0.05) is 27.5 Å². The van der Waals surface area contributed by atoms with Gasteiger partial charge in [-0.25, -0.2) is 13.8 Å². The molecule has 3 nitrogen and oxygen atoms in total. The molecule has 0 aromatic carbocycles. The molecule has 0 aliphatic heterocycles. The molecule has 18 heavy (non-hydrogen) atoms. The van der Waals surface area contributed by atoms with Crippen molar-refractivity contribution in [1.29, 1.82) is 0 Å². The minimum Gasteiger partial charge on any atom is -0.466 e. The van der Waals surface area contributed by atoms with E-state index in [9.17, 15) is 13.6 Å². The van der Waals surface area contributed by atoms with Gasteiger partial charge in [0.15, 0.2) is 0 Å². The lowest BCUT2D eigenvalue weighted by molar-refractivity contribution is -0.142. The SMILES string of the molecule is CCOC(=O)Cc1cc(CBr)c(Cl)c(C(F)F)n1. The number of pyridine rings is 1. The number of hydrogen-bond acceptors (Lipinski definition) is 3. The highest BCUT2D eigenvalue weighted by Gasteiger charge is 2.19. The van der Waals surface area contributed by atoms with Crippen LogP contribution in [0, 0.1) is 0 Å². The number of carbonyl (C=O) groups is 1. The summed E-state index contributed by atoms with van der Waals surface area (Å²) in [5, 5.41) is 0.235. The van der Waals surface area contributed by atoms with Gasteiger partial charge in [-0.3, -0.25) is 4.79 Å². The summed E-state index contributed by atoms with van der Waals surface area (Å²) in [6.07, 6.45) is -2.93. The molecule has 1 heterocycles. The first-order chi connectivity index (χ1) is 8.49. The molecule has 0 unspecified atom stereocenters. The topological polar surface area (TPSA) is 39.2 Å². The highest BCUT2D eigenvalue weighted by molar-refractivity contribution is 9.08. The maximum atomic E-state index is 12.7. The Morgan fingerprint density at radius 2 is 2.28 bits per heavy atom. The molecule has 1 rings (SSSR count). The van der Waals surface area contributed by atoms with Crippen molar-refractivity contribution in [2.75, 3.05) is 6.61 Å². The van der Waals surface area contributed by atoms with Crippen molar-refractivity contribution in [2.45, 2.75) is 25.1 Å². The lowest BCUT2D eigenvalue weighted by atomic mass is 10.1. The van der Waals surface area contributed by atoms with E-state index in [1.54, 1.807) is 6.92 Å². The molecule has 0 amide bonds. The number of ether oxygens (including phenoxy) is 1. The minimum atomic E-state index is -2.78. The maximum Gasteiger partial charge on any atom is 0.311 e. The van der Waals surface area contributed by atoms with Crippen molar-refractivity contribution in [2.24, 2.45) is 0 Å². The highest BCUT2D eigenvalue weighted by Crippen LogP contribution is 2.30. The molecule has 0 bridgehead atoms. The molecule has 0 saturated carbocycles. The van der Waals surface area contributed by atoms with E-state index in [4.69, 9.17) is 16.3 Å². The fraction of sp³-hybridized carbons (Fsp3) is 0.455. The Kier molecular flexibility index (Phi) is 5.95. The van der Waals surface area contributed by atoms with Crippen molar-refractivity contribution < 1.29 is 18.3 Å². The van der Waals surface area contributed by atoms with Gasteiger partial charge in [0.25, 0.3) is 6.43 Å². The summed E-state index contributed by atoms with van der Waals surface area (Å²) in [7, 11) is 0. The van der Waals surface area contributed by atoms with E-state index < -0.39 is 18.1 Å². The number of nitrogens with zero attached hydrogens (tertiary/aromatic N) is 1. The van der Waals surface area contributed by atoms with E-state index in [-0.39, 0.29) is 23.7 Å². The quantitative estimate of drug-likeness (QED) is 0.605. The van der Waals surface area contributed by atoms with Gasteiger partial charge in [0.2, 0.25) is 0 Å². The van der Waals surface area contributed by atoms with Crippen LogP contribution in [0.4, 0.5) is 8.78 Å². The smallest absolute Gasteiger partial charge is 0.311 e. The second kappa shape index (κ2) is 6.99. The van der Waals surface area contributed by atoms with Gasteiger partial charge in [0.05, 0.1) is 23.7 Å². The third-order valence-corrected chi connectivity index (χ3v) is 3.13. The average Bonchev–Trinajstić information content (AvgIpc) is 2.31. The van der Waals surface area contributed by atoms with E-state index in [0.29, 0.717) is 10.9 Å². The van der Waals surface area contributed by atoms with Crippen LogP contribution in [-0.2, 0) is 21.3 Å². The zero-order valence-corrected chi connectivity index (χ0v) is 11.9. The largest absolute Gasteiger partial charge is 0.466 e. The molecule has 0 aliphatic rings. The summed E-state index contributed by atoms with van der Waals surface area (Å²) >= 11 is 8.93. The molecule has 0 aliphatic carbocycles. The molecule has 1 aromatic rings. The molecular weight excluding hydrogens is 331 g/mol. The first-order valence-electron chi connectivity index (χ1n) is 5.17. The number of hydrogen-bond donors (Lipinski definition) is 0.